The Labute approximate surface area is 108 Å². The minimum absolute atomic E-state index is 0. The highest BCUT2D eigenvalue weighted by molar-refractivity contribution is 5.85. The molecule has 3 rings (SSSR count). The number of benzene rings is 1. The summed E-state index contributed by atoms with van der Waals surface area (Å²) >= 11 is 0. The Kier molecular flexibility index (Phi) is 3.16. The first-order chi connectivity index (χ1) is 8.25. The smallest absolute Gasteiger partial charge is 0.192 e. The molecule has 0 fully saturated rings. The highest BCUT2D eigenvalue weighted by Gasteiger charge is 2.12. The molecule has 0 aliphatic carbocycles. The summed E-state index contributed by atoms with van der Waals surface area (Å²) in [5.41, 5.74) is 7.11. The predicted octanol–water partition coefficient (Wildman–Crippen LogP) is 2.77. The predicted molar refractivity (Wildman–Crippen MR) is 70.9 cm³/mol. The fraction of sp³-hybridized carbons (Fsp3) is 0. The number of H-pyrrole nitrogens is 1. The molecule has 0 saturated carbocycles. The molecular formula is C12H10ClFN4. The van der Waals surface area contributed by atoms with E-state index in [9.17, 15) is 4.39 Å². The molecule has 0 saturated heterocycles. The third-order valence-corrected chi connectivity index (χ3v) is 2.61. The number of nitrogen functional groups attached to an aromatic ring is 1. The van der Waals surface area contributed by atoms with E-state index in [-0.39, 0.29) is 23.9 Å². The molecule has 0 unspecified atom stereocenters. The number of aromatic nitrogens is 3. The van der Waals surface area contributed by atoms with Gasteiger partial charge in [0.25, 0.3) is 0 Å². The molecule has 18 heavy (non-hydrogen) atoms. The van der Waals surface area contributed by atoms with Crippen LogP contribution in [0.1, 0.15) is 0 Å². The molecule has 0 amide bonds. The van der Waals surface area contributed by atoms with E-state index in [0.717, 1.165) is 10.9 Å². The summed E-state index contributed by atoms with van der Waals surface area (Å²) in [7, 11) is 0. The second kappa shape index (κ2) is 4.62. The van der Waals surface area contributed by atoms with E-state index < -0.39 is 5.82 Å². The summed E-state index contributed by atoms with van der Waals surface area (Å²) in [5.74, 6) is -0.671. The zero-order chi connectivity index (χ0) is 11.8. The lowest BCUT2D eigenvalue weighted by atomic mass is 10.1. The van der Waals surface area contributed by atoms with Crippen molar-refractivity contribution in [3.63, 3.8) is 0 Å². The SMILES string of the molecule is Cl.Nc1n[nH]c(-c2cnc3ccccc3c2)c1F. The topological polar surface area (TPSA) is 67.6 Å². The third kappa shape index (κ3) is 1.89. The van der Waals surface area contributed by atoms with Crippen molar-refractivity contribution in [1.29, 1.82) is 0 Å². The Bertz CT molecular complexity index is 695. The first-order valence-corrected chi connectivity index (χ1v) is 5.10. The molecule has 6 heteroatoms. The molecule has 0 aliphatic heterocycles. The van der Waals surface area contributed by atoms with Gasteiger partial charge in [-0.1, -0.05) is 18.2 Å². The number of anilines is 1. The minimum Gasteiger partial charge on any atom is -0.380 e. The number of nitrogens with two attached hydrogens (primary N) is 1. The van der Waals surface area contributed by atoms with Gasteiger partial charge in [-0.15, -0.1) is 12.4 Å². The molecule has 0 bridgehead atoms. The maximum atomic E-state index is 13.6. The average molecular weight is 265 g/mol. The molecule has 2 heterocycles. The minimum atomic E-state index is -0.540. The van der Waals surface area contributed by atoms with Crippen molar-refractivity contribution >= 4 is 29.1 Å². The standard InChI is InChI=1S/C12H9FN4.ClH/c13-10-11(16-17-12(10)14)8-5-7-3-1-2-4-9(7)15-6-8;/h1-6H,(H3,14,16,17);1H. The van der Waals surface area contributed by atoms with Crippen LogP contribution in [0.15, 0.2) is 36.5 Å². The van der Waals surface area contributed by atoms with Gasteiger partial charge in [0, 0.05) is 17.1 Å². The second-order valence-electron chi connectivity index (χ2n) is 3.71. The normalized spacial score (nSPS) is 10.3. The van der Waals surface area contributed by atoms with E-state index in [0.29, 0.717) is 5.56 Å². The number of nitrogens with one attached hydrogen (secondary N) is 1. The van der Waals surface area contributed by atoms with Crippen LogP contribution in [-0.4, -0.2) is 15.2 Å². The first kappa shape index (κ1) is 12.3. The lowest BCUT2D eigenvalue weighted by molar-refractivity contribution is 0.636. The van der Waals surface area contributed by atoms with Crippen LogP contribution in [0.25, 0.3) is 22.2 Å². The van der Waals surface area contributed by atoms with Gasteiger partial charge in [0.15, 0.2) is 11.6 Å². The fourth-order valence-electron chi connectivity index (χ4n) is 1.74. The Hall–Kier alpha value is -2.14. The number of rotatable bonds is 1. The molecule has 0 atom stereocenters. The number of hydrogen-bond donors (Lipinski definition) is 2. The van der Waals surface area contributed by atoms with Crippen LogP contribution in [0.4, 0.5) is 10.2 Å². The number of hydrogen-bond acceptors (Lipinski definition) is 3. The van der Waals surface area contributed by atoms with Crippen molar-refractivity contribution in [2.45, 2.75) is 0 Å². The summed E-state index contributed by atoms with van der Waals surface area (Å²) < 4.78 is 13.6. The molecule has 3 N–H and O–H groups in total. The van der Waals surface area contributed by atoms with Crippen LogP contribution in [0.2, 0.25) is 0 Å². The highest BCUT2D eigenvalue weighted by Crippen LogP contribution is 2.25. The van der Waals surface area contributed by atoms with Crippen LogP contribution < -0.4 is 5.73 Å². The lowest BCUT2D eigenvalue weighted by Gasteiger charge is -2.00. The maximum absolute atomic E-state index is 13.6. The zero-order valence-electron chi connectivity index (χ0n) is 9.22. The lowest BCUT2D eigenvalue weighted by Crippen LogP contribution is -1.88. The summed E-state index contributed by atoms with van der Waals surface area (Å²) in [5, 5.41) is 7.13. The largest absolute Gasteiger partial charge is 0.380 e. The van der Waals surface area contributed by atoms with Crippen LogP contribution in [0.5, 0.6) is 0 Å². The van der Waals surface area contributed by atoms with Crippen LogP contribution >= 0.6 is 12.4 Å². The molecule has 4 nitrogen and oxygen atoms in total. The second-order valence-corrected chi connectivity index (χ2v) is 3.71. The molecule has 1 aromatic carbocycles. The summed E-state index contributed by atoms with van der Waals surface area (Å²) in [6, 6.07) is 9.48. The summed E-state index contributed by atoms with van der Waals surface area (Å²) in [6.07, 6.45) is 1.60. The van der Waals surface area contributed by atoms with Crippen molar-refractivity contribution in [3.05, 3.63) is 42.3 Å². The number of nitrogens with zero attached hydrogens (tertiary/aromatic N) is 2. The summed E-state index contributed by atoms with van der Waals surface area (Å²) in [4.78, 5) is 4.25. The molecule has 0 spiro atoms. The highest BCUT2D eigenvalue weighted by atomic mass is 35.5. The Morgan fingerprint density at radius 2 is 2.00 bits per heavy atom. The number of pyridine rings is 1. The van der Waals surface area contributed by atoms with Crippen LogP contribution in [0, 0.1) is 5.82 Å². The van der Waals surface area contributed by atoms with Gasteiger partial charge in [0.05, 0.1) is 5.52 Å². The van der Waals surface area contributed by atoms with Crippen molar-refractivity contribution in [2.24, 2.45) is 0 Å². The average Bonchev–Trinajstić information content (AvgIpc) is 2.70. The van der Waals surface area contributed by atoms with Crippen LogP contribution in [-0.2, 0) is 0 Å². The van der Waals surface area contributed by atoms with Gasteiger partial charge in [0.1, 0.15) is 5.69 Å². The molecule has 92 valence electrons. The molecule has 2 aromatic heterocycles. The quantitative estimate of drug-likeness (QED) is 0.710. The third-order valence-electron chi connectivity index (χ3n) is 2.61. The van der Waals surface area contributed by atoms with Gasteiger partial charge in [-0.25, -0.2) is 4.39 Å². The Morgan fingerprint density at radius 1 is 1.22 bits per heavy atom. The van der Waals surface area contributed by atoms with Gasteiger partial charge in [0.2, 0.25) is 0 Å². The van der Waals surface area contributed by atoms with Gasteiger partial charge in [-0.3, -0.25) is 10.1 Å². The number of fused-ring (bicyclic) bond motifs is 1. The van der Waals surface area contributed by atoms with Crippen molar-refractivity contribution in [3.8, 4) is 11.3 Å². The van der Waals surface area contributed by atoms with Crippen molar-refractivity contribution < 1.29 is 4.39 Å². The number of halogens is 2. The van der Waals surface area contributed by atoms with Crippen molar-refractivity contribution in [2.75, 3.05) is 5.73 Å². The molecule has 3 aromatic rings. The van der Waals surface area contributed by atoms with E-state index in [1.165, 1.54) is 0 Å². The monoisotopic (exact) mass is 264 g/mol. The van der Waals surface area contributed by atoms with Gasteiger partial charge >= 0.3 is 0 Å². The van der Waals surface area contributed by atoms with E-state index >= 15 is 0 Å². The Morgan fingerprint density at radius 3 is 2.72 bits per heavy atom. The molecular weight excluding hydrogens is 255 g/mol. The number of aromatic amines is 1. The first-order valence-electron chi connectivity index (χ1n) is 5.10. The fourth-order valence-corrected chi connectivity index (χ4v) is 1.74. The Balaban J connectivity index is 0.00000120. The zero-order valence-corrected chi connectivity index (χ0v) is 10.0. The van der Waals surface area contributed by atoms with E-state index in [4.69, 9.17) is 5.73 Å². The maximum Gasteiger partial charge on any atom is 0.192 e. The van der Waals surface area contributed by atoms with Gasteiger partial charge in [-0.2, -0.15) is 5.10 Å². The van der Waals surface area contributed by atoms with E-state index in [1.807, 2.05) is 30.3 Å². The molecule has 0 aliphatic rings. The van der Waals surface area contributed by atoms with Gasteiger partial charge in [-0.05, 0) is 12.1 Å². The van der Waals surface area contributed by atoms with E-state index in [1.54, 1.807) is 6.20 Å². The summed E-state index contributed by atoms with van der Waals surface area (Å²) in [6.45, 7) is 0. The molecule has 0 radical (unpaired) electrons. The number of para-hydroxylation sites is 1. The van der Waals surface area contributed by atoms with E-state index in [2.05, 4.69) is 15.2 Å². The van der Waals surface area contributed by atoms with Gasteiger partial charge < -0.3 is 5.73 Å². The van der Waals surface area contributed by atoms with Crippen LogP contribution in [0.3, 0.4) is 0 Å². The van der Waals surface area contributed by atoms with Crippen molar-refractivity contribution in [1.82, 2.24) is 15.2 Å².